The van der Waals surface area contributed by atoms with E-state index in [2.05, 4.69) is 20.6 Å². The standard InChI is InChI=1S/C28H18F2N4O3S2/c29-18-4-1-16(2-5-18)11-26(36)34-28(38)33-19-6-8-23(20(30)12-19)37-24-9-10-31-22-13-25(39-27(22)24)21-7-3-17(15-35)14-32-21/h1-10,12-15H,11H2,(H2,33,34,36,38). The quantitative estimate of drug-likeness (QED) is 0.178. The third-order valence-corrected chi connectivity index (χ3v) is 6.86. The first-order chi connectivity index (χ1) is 18.9. The molecular formula is C28H18F2N4O3S2. The van der Waals surface area contributed by atoms with E-state index in [9.17, 15) is 18.4 Å². The minimum Gasteiger partial charge on any atom is -0.453 e. The summed E-state index contributed by atoms with van der Waals surface area (Å²) < 4.78 is 34.6. The zero-order valence-corrected chi connectivity index (χ0v) is 21.6. The number of thiophene rings is 1. The van der Waals surface area contributed by atoms with Crippen molar-refractivity contribution >= 4 is 56.8 Å². The van der Waals surface area contributed by atoms with E-state index >= 15 is 0 Å². The van der Waals surface area contributed by atoms with Crippen LogP contribution in [-0.4, -0.2) is 27.3 Å². The van der Waals surface area contributed by atoms with Crippen LogP contribution < -0.4 is 15.4 Å². The second-order valence-corrected chi connectivity index (χ2v) is 9.74. The zero-order chi connectivity index (χ0) is 27.4. The van der Waals surface area contributed by atoms with Crippen LogP contribution in [0.15, 0.2) is 79.1 Å². The van der Waals surface area contributed by atoms with Crippen molar-refractivity contribution < 1.29 is 23.1 Å². The molecule has 1 amide bonds. The maximum atomic E-state index is 14.9. The number of fused-ring (bicyclic) bond motifs is 1. The van der Waals surface area contributed by atoms with Crippen molar-refractivity contribution in [2.75, 3.05) is 5.32 Å². The van der Waals surface area contributed by atoms with Crippen molar-refractivity contribution in [2.24, 2.45) is 0 Å². The highest BCUT2D eigenvalue weighted by molar-refractivity contribution is 7.80. The molecule has 7 nitrogen and oxygen atoms in total. The number of nitrogens with zero attached hydrogens (tertiary/aromatic N) is 2. The molecule has 0 aliphatic carbocycles. The summed E-state index contributed by atoms with van der Waals surface area (Å²) in [5, 5.41) is 5.27. The van der Waals surface area contributed by atoms with Gasteiger partial charge in [0.2, 0.25) is 5.91 Å². The van der Waals surface area contributed by atoms with E-state index in [4.69, 9.17) is 17.0 Å². The van der Waals surface area contributed by atoms with Gasteiger partial charge in [0.25, 0.3) is 0 Å². The third-order valence-electron chi connectivity index (χ3n) is 5.49. The van der Waals surface area contributed by atoms with Gasteiger partial charge in [-0.1, -0.05) is 12.1 Å². The number of amides is 1. The third kappa shape index (κ3) is 6.28. The summed E-state index contributed by atoms with van der Waals surface area (Å²) in [6.07, 6.45) is 3.79. The van der Waals surface area contributed by atoms with Crippen molar-refractivity contribution in [1.29, 1.82) is 0 Å². The average molecular weight is 561 g/mol. The molecule has 0 atom stereocenters. The lowest BCUT2D eigenvalue weighted by molar-refractivity contribution is -0.119. The van der Waals surface area contributed by atoms with Crippen molar-refractivity contribution in [3.8, 4) is 22.1 Å². The Morgan fingerprint density at radius 3 is 2.54 bits per heavy atom. The van der Waals surface area contributed by atoms with E-state index in [1.807, 2.05) is 6.07 Å². The van der Waals surface area contributed by atoms with Gasteiger partial charge in [-0.15, -0.1) is 11.3 Å². The van der Waals surface area contributed by atoms with E-state index in [0.29, 0.717) is 38.5 Å². The number of nitrogens with one attached hydrogen (secondary N) is 2. The Balaban J connectivity index is 1.26. The molecule has 3 heterocycles. The number of rotatable bonds is 7. The van der Waals surface area contributed by atoms with Gasteiger partial charge in [0.1, 0.15) is 11.6 Å². The predicted molar refractivity (Wildman–Crippen MR) is 149 cm³/mol. The Kier molecular flexibility index (Phi) is 7.62. The Hall–Kier alpha value is -4.61. The van der Waals surface area contributed by atoms with Crippen LogP contribution in [0.4, 0.5) is 14.5 Å². The molecule has 0 saturated heterocycles. The molecule has 11 heteroatoms. The Labute approximate surface area is 230 Å². The predicted octanol–water partition coefficient (Wildman–Crippen LogP) is 6.30. The van der Waals surface area contributed by atoms with Gasteiger partial charge < -0.3 is 15.4 Å². The number of halogens is 2. The molecule has 5 rings (SSSR count). The highest BCUT2D eigenvalue weighted by Gasteiger charge is 2.14. The van der Waals surface area contributed by atoms with Gasteiger partial charge in [0, 0.05) is 35.8 Å². The highest BCUT2D eigenvalue weighted by Crippen LogP contribution is 2.39. The number of thiocarbonyl (C=S) groups is 1. The topological polar surface area (TPSA) is 93.2 Å². The average Bonchev–Trinajstić information content (AvgIpc) is 3.37. The van der Waals surface area contributed by atoms with Crippen LogP contribution in [0.25, 0.3) is 20.8 Å². The number of ether oxygens (including phenoxy) is 1. The van der Waals surface area contributed by atoms with Gasteiger partial charge >= 0.3 is 0 Å². The molecule has 194 valence electrons. The maximum absolute atomic E-state index is 14.9. The Morgan fingerprint density at radius 2 is 1.82 bits per heavy atom. The highest BCUT2D eigenvalue weighted by atomic mass is 32.1. The maximum Gasteiger partial charge on any atom is 0.230 e. The molecule has 0 bridgehead atoms. The van der Waals surface area contributed by atoms with Crippen LogP contribution >= 0.6 is 23.6 Å². The summed E-state index contributed by atoms with van der Waals surface area (Å²) in [5.41, 5.74) is 2.75. The zero-order valence-electron chi connectivity index (χ0n) is 20.0. The number of carbonyl (C=O) groups excluding carboxylic acids is 2. The van der Waals surface area contributed by atoms with E-state index in [1.54, 1.807) is 30.5 Å². The molecule has 2 aromatic carbocycles. The number of hydrogen-bond donors (Lipinski definition) is 2. The molecule has 39 heavy (non-hydrogen) atoms. The lowest BCUT2D eigenvalue weighted by atomic mass is 10.1. The van der Waals surface area contributed by atoms with Crippen LogP contribution in [0.3, 0.4) is 0 Å². The second kappa shape index (κ2) is 11.4. The molecule has 0 fully saturated rings. The van der Waals surface area contributed by atoms with Crippen LogP contribution in [-0.2, 0) is 11.2 Å². The summed E-state index contributed by atoms with van der Waals surface area (Å²) in [6, 6.07) is 16.7. The largest absolute Gasteiger partial charge is 0.453 e. The van der Waals surface area contributed by atoms with Gasteiger partial charge in [-0.25, -0.2) is 8.78 Å². The Morgan fingerprint density at radius 1 is 1.00 bits per heavy atom. The molecule has 0 saturated carbocycles. The van der Waals surface area contributed by atoms with Crippen molar-refractivity contribution in [3.63, 3.8) is 0 Å². The molecule has 2 N–H and O–H groups in total. The van der Waals surface area contributed by atoms with Gasteiger partial charge in [0.15, 0.2) is 23.0 Å². The number of aromatic nitrogens is 2. The van der Waals surface area contributed by atoms with Gasteiger partial charge in [-0.05, 0) is 60.2 Å². The minimum atomic E-state index is -0.645. The molecular weight excluding hydrogens is 542 g/mol. The summed E-state index contributed by atoms with van der Waals surface area (Å²) in [4.78, 5) is 32.6. The molecule has 0 aliphatic rings. The van der Waals surface area contributed by atoms with E-state index in [0.717, 1.165) is 11.2 Å². The molecule has 0 spiro atoms. The van der Waals surface area contributed by atoms with E-state index in [-0.39, 0.29) is 23.1 Å². The SMILES string of the molecule is O=Cc1ccc(-c2cc3nccc(Oc4ccc(NC(=S)NC(=O)Cc5ccc(F)cc5)cc4F)c3s2)nc1. The monoisotopic (exact) mass is 560 g/mol. The summed E-state index contributed by atoms with van der Waals surface area (Å²) in [5.74, 6) is -1.02. The number of hydrogen-bond acceptors (Lipinski definition) is 7. The first kappa shape index (κ1) is 26.0. The van der Waals surface area contributed by atoms with Gasteiger partial charge in [-0.2, -0.15) is 0 Å². The summed E-state index contributed by atoms with van der Waals surface area (Å²) in [7, 11) is 0. The molecule has 0 unspecified atom stereocenters. The number of benzene rings is 2. The smallest absolute Gasteiger partial charge is 0.230 e. The van der Waals surface area contributed by atoms with E-state index < -0.39 is 11.7 Å². The number of aldehydes is 1. The van der Waals surface area contributed by atoms with Crippen LogP contribution in [0.1, 0.15) is 15.9 Å². The molecule has 3 aromatic heterocycles. The van der Waals surface area contributed by atoms with Crippen LogP contribution in [0, 0.1) is 11.6 Å². The van der Waals surface area contributed by atoms with Crippen molar-refractivity contribution in [2.45, 2.75) is 6.42 Å². The number of carbonyl (C=O) groups is 2. The minimum absolute atomic E-state index is 0.00748. The van der Waals surface area contributed by atoms with Gasteiger partial charge in [-0.3, -0.25) is 19.6 Å². The number of pyridine rings is 2. The number of anilines is 1. The fraction of sp³-hybridized carbons (Fsp3) is 0.0357. The first-order valence-electron chi connectivity index (χ1n) is 11.5. The lowest BCUT2D eigenvalue weighted by Crippen LogP contribution is -2.35. The Bertz CT molecular complexity index is 1690. The summed E-state index contributed by atoms with van der Waals surface area (Å²) >= 11 is 6.54. The molecule has 0 aliphatic heterocycles. The van der Waals surface area contributed by atoms with E-state index in [1.165, 1.54) is 53.9 Å². The normalized spacial score (nSPS) is 10.7. The van der Waals surface area contributed by atoms with Crippen LogP contribution in [0.2, 0.25) is 0 Å². The fourth-order valence-electron chi connectivity index (χ4n) is 3.64. The molecule has 5 aromatic rings. The van der Waals surface area contributed by atoms with Crippen LogP contribution in [0.5, 0.6) is 11.5 Å². The fourth-order valence-corrected chi connectivity index (χ4v) is 4.92. The molecule has 0 radical (unpaired) electrons. The summed E-state index contributed by atoms with van der Waals surface area (Å²) in [6.45, 7) is 0. The van der Waals surface area contributed by atoms with Crippen molar-refractivity contribution in [1.82, 2.24) is 15.3 Å². The first-order valence-corrected chi connectivity index (χ1v) is 12.7. The van der Waals surface area contributed by atoms with Gasteiger partial charge in [0.05, 0.1) is 27.2 Å². The lowest BCUT2D eigenvalue weighted by Gasteiger charge is -2.12. The second-order valence-electron chi connectivity index (χ2n) is 8.28. The van der Waals surface area contributed by atoms with Crippen molar-refractivity contribution in [3.05, 3.63) is 102 Å².